The largest absolute Gasteiger partial charge is 0.389 e. The molecule has 2 aromatic rings. The molecule has 0 aliphatic carbocycles. The molecule has 24 heavy (non-hydrogen) atoms. The summed E-state index contributed by atoms with van der Waals surface area (Å²) in [6.07, 6.45) is 3.60. The van der Waals surface area contributed by atoms with Crippen molar-refractivity contribution in [2.45, 2.75) is 25.2 Å². The number of aryl methyl sites for hydroxylation is 1. The Bertz CT molecular complexity index is 705. The SMILES string of the molecule is Cc1cccnc1CN1C[C@@H](O)[C@](O)(CNC(=O)c2cnc[nH]2)C1. The Hall–Kier alpha value is -2.29. The molecular weight excluding hydrogens is 310 g/mol. The number of rotatable bonds is 5. The van der Waals surface area contributed by atoms with E-state index in [0.717, 1.165) is 11.3 Å². The standard InChI is InChI=1S/C16H21N5O3/c1-11-3-2-4-18-13(11)6-21-7-14(22)16(24,9-21)8-19-15(23)12-5-17-10-20-12/h2-5,10,14,22,24H,6-9H2,1H3,(H,17,20)(H,19,23)/t14-,16+/m1/s1. The lowest BCUT2D eigenvalue weighted by Gasteiger charge is -2.26. The molecule has 1 saturated heterocycles. The second-order valence-electron chi connectivity index (χ2n) is 6.20. The van der Waals surface area contributed by atoms with Gasteiger partial charge in [0.05, 0.1) is 30.9 Å². The van der Waals surface area contributed by atoms with Crippen LogP contribution in [0.4, 0.5) is 0 Å². The van der Waals surface area contributed by atoms with Crippen molar-refractivity contribution >= 4 is 5.91 Å². The van der Waals surface area contributed by atoms with Gasteiger partial charge in [0.15, 0.2) is 0 Å². The summed E-state index contributed by atoms with van der Waals surface area (Å²) in [6.45, 7) is 3.07. The van der Waals surface area contributed by atoms with Crippen molar-refractivity contribution in [3.05, 3.63) is 47.8 Å². The molecule has 1 aliphatic heterocycles. The van der Waals surface area contributed by atoms with E-state index in [1.807, 2.05) is 24.0 Å². The molecule has 3 heterocycles. The van der Waals surface area contributed by atoms with Gasteiger partial charge in [0.2, 0.25) is 0 Å². The van der Waals surface area contributed by atoms with Gasteiger partial charge in [-0.05, 0) is 18.6 Å². The molecule has 0 saturated carbocycles. The Morgan fingerprint density at radius 3 is 3.12 bits per heavy atom. The summed E-state index contributed by atoms with van der Waals surface area (Å²) in [5.74, 6) is -0.368. The molecule has 0 bridgehead atoms. The zero-order valence-corrected chi connectivity index (χ0v) is 13.4. The number of likely N-dealkylation sites (tertiary alicyclic amines) is 1. The maximum atomic E-state index is 11.9. The number of hydrogen-bond acceptors (Lipinski definition) is 6. The first-order valence-corrected chi connectivity index (χ1v) is 7.78. The van der Waals surface area contributed by atoms with Gasteiger partial charge in [-0.2, -0.15) is 0 Å². The minimum atomic E-state index is -1.39. The summed E-state index contributed by atoms with van der Waals surface area (Å²) in [6, 6.07) is 3.85. The summed E-state index contributed by atoms with van der Waals surface area (Å²) in [7, 11) is 0. The van der Waals surface area contributed by atoms with Gasteiger partial charge >= 0.3 is 0 Å². The fourth-order valence-corrected chi connectivity index (χ4v) is 2.87. The normalized spacial score (nSPS) is 24.2. The van der Waals surface area contributed by atoms with Crippen LogP contribution in [0, 0.1) is 6.92 Å². The number of imidazole rings is 1. The third-order valence-electron chi connectivity index (χ3n) is 4.34. The van der Waals surface area contributed by atoms with E-state index in [0.29, 0.717) is 18.8 Å². The Balaban J connectivity index is 1.60. The van der Waals surface area contributed by atoms with Crippen LogP contribution in [0.2, 0.25) is 0 Å². The second-order valence-corrected chi connectivity index (χ2v) is 6.20. The summed E-state index contributed by atoms with van der Waals surface area (Å²) in [5, 5.41) is 23.5. The fraction of sp³-hybridized carbons (Fsp3) is 0.438. The lowest BCUT2D eigenvalue weighted by molar-refractivity contribution is -0.0377. The van der Waals surface area contributed by atoms with Gasteiger partial charge in [-0.1, -0.05) is 6.07 Å². The zero-order chi connectivity index (χ0) is 17.2. The topological polar surface area (TPSA) is 114 Å². The first-order chi connectivity index (χ1) is 11.5. The summed E-state index contributed by atoms with van der Waals surface area (Å²) in [4.78, 5) is 24.7. The summed E-state index contributed by atoms with van der Waals surface area (Å²) < 4.78 is 0. The molecule has 8 heteroatoms. The molecule has 1 amide bonds. The minimum Gasteiger partial charge on any atom is -0.389 e. The van der Waals surface area contributed by atoms with E-state index in [1.54, 1.807) is 6.20 Å². The number of aromatic amines is 1. The third kappa shape index (κ3) is 3.45. The van der Waals surface area contributed by atoms with Crippen molar-refractivity contribution in [3.8, 4) is 0 Å². The van der Waals surface area contributed by atoms with Crippen LogP contribution in [0.15, 0.2) is 30.9 Å². The average Bonchev–Trinajstić information content (AvgIpc) is 3.17. The van der Waals surface area contributed by atoms with Crippen LogP contribution < -0.4 is 5.32 Å². The van der Waals surface area contributed by atoms with Crippen molar-refractivity contribution in [1.82, 2.24) is 25.2 Å². The van der Waals surface area contributed by atoms with Crippen molar-refractivity contribution in [1.29, 1.82) is 0 Å². The maximum Gasteiger partial charge on any atom is 0.269 e. The number of aromatic nitrogens is 3. The van der Waals surface area contributed by atoms with Crippen LogP contribution in [-0.2, 0) is 6.54 Å². The number of aliphatic hydroxyl groups excluding tert-OH is 1. The highest BCUT2D eigenvalue weighted by Crippen LogP contribution is 2.23. The van der Waals surface area contributed by atoms with E-state index in [2.05, 4.69) is 20.3 Å². The Morgan fingerprint density at radius 1 is 1.58 bits per heavy atom. The smallest absolute Gasteiger partial charge is 0.269 e. The van der Waals surface area contributed by atoms with Crippen LogP contribution in [-0.4, -0.2) is 67.3 Å². The number of nitrogens with zero attached hydrogens (tertiary/aromatic N) is 3. The minimum absolute atomic E-state index is 0.0380. The van der Waals surface area contributed by atoms with Gasteiger partial charge in [0.25, 0.3) is 5.91 Å². The lowest BCUT2D eigenvalue weighted by atomic mass is 10.0. The lowest BCUT2D eigenvalue weighted by Crippen LogP contribution is -2.51. The van der Waals surface area contributed by atoms with Crippen molar-refractivity contribution in [2.75, 3.05) is 19.6 Å². The van der Waals surface area contributed by atoms with Gasteiger partial charge in [-0.15, -0.1) is 0 Å². The molecule has 2 atom stereocenters. The van der Waals surface area contributed by atoms with Crippen LogP contribution >= 0.6 is 0 Å². The number of hydrogen-bond donors (Lipinski definition) is 4. The summed E-state index contributed by atoms with van der Waals surface area (Å²) in [5.41, 5.74) is 0.899. The van der Waals surface area contributed by atoms with E-state index in [9.17, 15) is 15.0 Å². The highest BCUT2D eigenvalue weighted by molar-refractivity contribution is 5.92. The van der Waals surface area contributed by atoms with Crippen LogP contribution in [0.3, 0.4) is 0 Å². The number of pyridine rings is 1. The molecule has 128 valence electrons. The fourth-order valence-electron chi connectivity index (χ4n) is 2.87. The molecule has 2 aromatic heterocycles. The number of amides is 1. The molecule has 0 spiro atoms. The summed E-state index contributed by atoms with van der Waals surface area (Å²) >= 11 is 0. The second kappa shape index (κ2) is 6.68. The average molecular weight is 331 g/mol. The molecule has 0 unspecified atom stereocenters. The van der Waals surface area contributed by atoms with E-state index in [4.69, 9.17) is 0 Å². The molecule has 1 fully saturated rings. The maximum absolute atomic E-state index is 11.9. The van der Waals surface area contributed by atoms with E-state index in [1.165, 1.54) is 12.5 Å². The Labute approximate surface area is 139 Å². The van der Waals surface area contributed by atoms with Crippen LogP contribution in [0.5, 0.6) is 0 Å². The molecule has 0 radical (unpaired) electrons. The van der Waals surface area contributed by atoms with E-state index in [-0.39, 0.29) is 19.0 Å². The number of carbonyl (C=O) groups is 1. The predicted octanol–water partition coefficient (Wildman–Crippen LogP) is -0.549. The Morgan fingerprint density at radius 2 is 2.42 bits per heavy atom. The van der Waals surface area contributed by atoms with Gasteiger partial charge in [-0.3, -0.25) is 14.7 Å². The van der Waals surface area contributed by atoms with Gasteiger partial charge in [0, 0.05) is 25.8 Å². The van der Waals surface area contributed by atoms with Gasteiger partial charge in [0.1, 0.15) is 11.3 Å². The van der Waals surface area contributed by atoms with Gasteiger partial charge in [-0.25, -0.2) is 4.98 Å². The van der Waals surface area contributed by atoms with Crippen molar-refractivity contribution in [3.63, 3.8) is 0 Å². The van der Waals surface area contributed by atoms with Crippen molar-refractivity contribution < 1.29 is 15.0 Å². The highest BCUT2D eigenvalue weighted by atomic mass is 16.3. The van der Waals surface area contributed by atoms with Crippen LogP contribution in [0.25, 0.3) is 0 Å². The Kier molecular flexibility index (Phi) is 4.61. The molecular formula is C16H21N5O3. The molecule has 1 aliphatic rings. The number of carbonyl (C=O) groups excluding carboxylic acids is 1. The number of nitrogens with one attached hydrogen (secondary N) is 2. The quantitative estimate of drug-likeness (QED) is 0.584. The molecule has 0 aromatic carbocycles. The monoisotopic (exact) mass is 331 g/mol. The predicted molar refractivity (Wildman–Crippen MR) is 86.1 cm³/mol. The van der Waals surface area contributed by atoms with Crippen LogP contribution in [0.1, 0.15) is 21.7 Å². The molecule has 8 nitrogen and oxygen atoms in total. The molecule has 3 rings (SSSR count). The first-order valence-electron chi connectivity index (χ1n) is 7.78. The van der Waals surface area contributed by atoms with E-state index < -0.39 is 11.7 Å². The third-order valence-corrected chi connectivity index (χ3v) is 4.34. The van der Waals surface area contributed by atoms with Crippen molar-refractivity contribution in [2.24, 2.45) is 0 Å². The zero-order valence-electron chi connectivity index (χ0n) is 13.4. The first kappa shape index (κ1) is 16.6. The number of H-pyrrole nitrogens is 1. The number of aliphatic hydroxyl groups is 2. The van der Waals surface area contributed by atoms with Gasteiger partial charge < -0.3 is 20.5 Å². The highest BCUT2D eigenvalue weighted by Gasteiger charge is 2.44. The van der Waals surface area contributed by atoms with E-state index >= 15 is 0 Å². The number of β-amino-alcohol motifs (C(OH)–C–C–N with tert-alkyl or cyclic N) is 2. The molecule has 4 N–H and O–H groups in total.